The van der Waals surface area contributed by atoms with E-state index in [0.29, 0.717) is 29.7 Å². The van der Waals surface area contributed by atoms with Gasteiger partial charge in [-0.15, -0.1) is 0 Å². The van der Waals surface area contributed by atoms with Gasteiger partial charge < -0.3 is 0 Å². The lowest BCUT2D eigenvalue weighted by molar-refractivity contribution is 0.794. The Labute approximate surface area is 637 Å². The summed E-state index contributed by atoms with van der Waals surface area (Å²) in [7, 11) is 0. The van der Waals surface area contributed by atoms with Gasteiger partial charge >= 0.3 is 0 Å². The van der Waals surface area contributed by atoms with E-state index < -0.39 is 10.8 Å². The summed E-state index contributed by atoms with van der Waals surface area (Å²) >= 11 is 0. The molecule has 0 saturated carbocycles. The van der Waals surface area contributed by atoms with Crippen LogP contribution in [0.3, 0.4) is 0 Å². The predicted octanol–water partition coefficient (Wildman–Crippen LogP) is 24.3. The van der Waals surface area contributed by atoms with Crippen LogP contribution in [0.2, 0.25) is 0 Å². The minimum absolute atomic E-state index is 0.573. The molecule has 0 saturated heterocycles. The summed E-state index contributed by atoms with van der Waals surface area (Å²) in [6.07, 6.45) is 6.63. The molecule has 0 radical (unpaired) electrons. The summed E-state index contributed by atoms with van der Waals surface area (Å²) in [5.41, 5.74) is 36.8. The first kappa shape index (κ1) is 63.3. The highest BCUT2D eigenvalue weighted by Crippen LogP contribution is 2.66. The van der Waals surface area contributed by atoms with Crippen molar-refractivity contribution in [3.8, 4) is 135 Å². The van der Waals surface area contributed by atoms with E-state index in [4.69, 9.17) is 34.9 Å². The number of aryl methyl sites for hydroxylation is 2. The Balaban J connectivity index is 0.620. The van der Waals surface area contributed by atoms with Crippen molar-refractivity contribution in [2.45, 2.75) is 38.0 Å². The van der Waals surface area contributed by atoms with E-state index in [9.17, 15) is 0 Å². The average molecular weight is 1400 g/mol. The molecular formula is C103H67N7. The fourth-order valence-electron chi connectivity index (χ4n) is 19.2. The minimum atomic E-state index is -0.593. The first-order valence-electron chi connectivity index (χ1n) is 37.9. The van der Waals surface area contributed by atoms with Crippen molar-refractivity contribution in [2.75, 3.05) is 0 Å². The van der Waals surface area contributed by atoms with E-state index in [1.807, 2.05) is 31.6 Å². The standard InChI is InChI=1S/C103H67N7/c1-61-73(59-104-60-87(61)69-28-17-27-67(54-69)68-45-48-80-77-32-8-12-40-88(77)102(94(80)56-68)90-42-14-10-34-79(90)86-55-72(47-50-92(86)102)99-106-63(3)107-100(110-99)82-36-18-25-65-23-4-6-30-75(65)82)53-64-22-16-29-71(52-64)96-58-97(109-101(108-96)83-37-19-26-66-24-5-7-31-76(66)83)85-38-20-44-93-98(85)84-35-11-15-43-91(84)103(93)89-41-13-9-33-78(89)81-49-46-70(57-95(81)103)74-39-21-51-105-62(74)2/h4-52,54-60H,53H2,1-3H3. The lowest BCUT2D eigenvalue weighted by Gasteiger charge is -2.31. The maximum atomic E-state index is 5.69. The quantitative estimate of drug-likeness (QED) is 0.135. The van der Waals surface area contributed by atoms with Gasteiger partial charge in [0.2, 0.25) is 0 Å². The van der Waals surface area contributed by atoms with Gasteiger partial charge in [0, 0.05) is 63.2 Å². The highest BCUT2D eigenvalue weighted by Gasteiger charge is 2.54. The molecule has 14 aromatic carbocycles. The van der Waals surface area contributed by atoms with Crippen LogP contribution in [0.4, 0.5) is 0 Å². The molecule has 4 aliphatic carbocycles. The van der Waals surface area contributed by atoms with Gasteiger partial charge in [-0.25, -0.2) is 24.9 Å². The van der Waals surface area contributed by atoms with E-state index in [1.54, 1.807) is 0 Å². The number of hydrogen-bond donors (Lipinski definition) is 0. The third kappa shape index (κ3) is 9.40. The number of hydrogen-bond acceptors (Lipinski definition) is 7. The number of rotatable bonds is 10. The molecule has 7 heteroatoms. The number of aromatic nitrogens is 7. The average Bonchev–Trinajstić information content (AvgIpc) is 1.52. The lowest BCUT2D eigenvalue weighted by Crippen LogP contribution is -2.25. The zero-order valence-electron chi connectivity index (χ0n) is 60.7. The summed E-state index contributed by atoms with van der Waals surface area (Å²) in [5.74, 6) is 2.68. The molecule has 7 nitrogen and oxygen atoms in total. The van der Waals surface area contributed by atoms with Crippen LogP contribution in [0.25, 0.3) is 156 Å². The van der Waals surface area contributed by atoms with Gasteiger partial charge in [-0.05, 0) is 219 Å². The molecule has 2 atom stereocenters. The molecule has 0 aliphatic heterocycles. The van der Waals surface area contributed by atoms with Crippen LogP contribution < -0.4 is 0 Å². The van der Waals surface area contributed by atoms with Gasteiger partial charge in [0.25, 0.3) is 0 Å². The molecule has 0 amide bonds. The Morgan fingerprint density at radius 2 is 0.755 bits per heavy atom. The molecular weight excluding hydrogens is 1340 g/mol. The number of benzene rings is 14. The Bertz CT molecular complexity index is 6960. The second kappa shape index (κ2) is 24.5. The molecule has 0 fully saturated rings. The molecule has 2 spiro atoms. The van der Waals surface area contributed by atoms with Crippen LogP contribution in [0.1, 0.15) is 72.7 Å². The van der Waals surface area contributed by atoms with Gasteiger partial charge in [-0.2, -0.15) is 0 Å². The van der Waals surface area contributed by atoms with E-state index in [1.165, 1.54) is 94.6 Å². The monoisotopic (exact) mass is 1400 g/mol. The largest absolute Gasteiger partial charge is 0.264 e. The van der Waals surface area contributed by atoms with Gasteiger partial charge in [0.15, 0.2) is 17.5 Å². The summed E-state index contributed by atoms with van der Waals surface area (Å²) in [5, 5.41) is 4.50. The van der Waals surface area contributed by atoms with Gasteiger partial charge in [-0.1, -0.05) is 279 Å². The highest BCUT2D eigenvalue weighted by atomic mass is 15.0. The second-order valence-electron chi connectivity index (χ2n) is 29.8. The first-order valence-corrected chi connectivity index (χ1v) is 37.9. The molecule has 0 N–H and O–H groups in total. The van der Waals surface area contributed by atoms with Crippen LogP contribution in [-0.2, 0) is 17.3 Å². The minimum Gasteiger partial charge on any atom is -0.264 e. The normalized spacial score (nSPS) is 15.0. The van der Waals surface area contributed by atoms with Crippen molar-refractivity contribution in [1.82, 2.24) is 34.9 Å². The summed E-state index contributed by atoms with van der Waals surface area (Å²) in [6.45, 7) is 6.32. The fraction of sp³-hybridized carbons (Fsp3) is 0.0583. The smallest absolute Gasteiger partial charge is 0.164 e. The Morgan fingerprint density at radius 1 is 0.273 bits per heavy atom. The van der Waals surface area contributed by atoms with Crippen molar-refractivity contribution in [2.24, 2.45) is 0 Å². The number of nitrogens with zero attached hydrogens (tertiary/aromatic N) is 7. The maximum Gasteiger partial charge on any atom is 0.164 e. The van der Waals surface area contributed by atoms with Crippen molar-refractivity contribution in [3.63, 3.8) is 0 Å². The molecule has 4 heterocycles. The van der Waals surface area contributed by atoms with Gasteiger partial charge in [0.1, 0.15) is 5.82 Å². The zero-order chi connectivity index (χ0) is 72.9. The van der Waals surface area contributed by atoms with Crippen molar-refractivity contribution >= 4 is 21.5 Å². The van der Waals surface area contributed by atoms with E-state index in [2.05, 4.69) is 329 Å². The Morgan fingerprint density at radius 3 is 1.47 bits per heavy atom. The van der Waals surface area contributed by atoms with E-state index >= 15 is 0 Å². The Hall–Kier alpha value is -14.0. The lowest BCUT2D eigenvalue weighted by atomic mass is 9.70. The maximum absolute atomic E-state index is 5.69. The van der Waals surface area contributed by atoms with Crippen LogP contribution in [0.15, 0.2) is 340 Å². The molecule has 22 rings (SSSR count). The van der Waals surface area contributed by atoms with Crippen LogP contribution >= 0.6 is 0 Å². The van der Waals surface area contributed by atoms with Crippen molar-refractivity contribution in [1.29, 1.82) is 0 Å². The Kier molecular flexibility index (Phi) is 14.1. The summed E-state index contributed by atoms with van der Waals surface area (Å²) in [6, 6.07) is 118. The number of fused-ring (bicyclic) bond motifs is 22. The molecule has 4 aromatic heterocycles. The molecule has 4 aliphatic rings. The van der Waals surface area contributed by atoms with Crippen LogP contribution in [-0.4, -0.2) is 34.9 Å². The molecule has 514 valence electrons. The molecule has 2 unspecified atom stereocenters. The van der Waals surface area contributed by atoms with Crippen LogP contribution in [0.5, 0.6) is 0 Å². The van der Waals surface area contributed by atoms with Gasteiger partial charge in [0.05, 0.1) is 22.2 Å². The third-order valence-electron chi connectivity index (χ3n) is 24.0. The predicted molar refractivity (Wildman–Crippen MR) is 446 cm³/mol. The second-order valence-corrected chi connectivity index (χ2v) is 29.8. The summed E-state index contributed by atoms with van der Waals surface area (Å²) < 4.78 is 0. The van der Waals surface area contributed by atoms with Crippen molar-refractivity contribution < 1.29 is 0 Å². The van der Waals surface area contributed by atoms with E-state index in [-0.39, 0.29) is 0 Å². The zero-order valence-corrected chi connectivity index (χ0v) is 60.7. The SMILES string of the molecule is Cc1nc(-c2ccc3c(c2)-c2ccccc2C32c3ccccc3-c3ccc(-c4cccc(-c5cncc(Cc6cccc(-c7cc(-c8cccc9c8-c8ccccc8C98c9ccccc9-c9ccc(-c%10cccnc%10C)cc98)nc(-c8cccc9ccccc89)n7)c6)c5C)c4)cc32)nc(-c2cccc3ccccc23)n1. The first-order chi connectivity index (χ1) is 54.2. The molecule has 110 heavy (non-hydrogen) atoms. The number of pyridine rings is 2. The molecule has 0 bridgehead atoms. The fourth-order valence-corrected chi connectivity index (χ4v) is 19.2. The summed E-state index contributed by atoms with van der Waals surface area (Å²) in [4.78, 5) is 36.2. The van der Waals surface area contributed by atoms with Crippen LogP contribution in [0, 0.1) is 20.8 Å². The molecule has 18 aromatic rings. The highest BCUT2D eigenvalue weighted by molar-refractivity contribution is 6.03. The van der Waals surface area contributed by atoms with E-state index in [0.717, 1.165) is 111 Å². The third-order valence-corrected chi connectivity index (χ3v) is 24.0. The van der Waals surface area contributed by atoms with Crippen molar-refractivity contribution in [3.05, 3.63) is 413 Å². The van der Waals surface area contributed by atoms with Gasteiger partial charge in [-0.3, -0.25) is 9.97 Å². The topological polar surface area (TPSA) is 90.2 Å².